The molecule has 0 unspecified atom stereocenters. The Morgan fingerprint density at radius 1 is 1.10 bits per heavy atom. The molecule has 2 aliphatic heterocycles. The summed E-state index contributed by atoms with van der Waals surface area (Å²) in [6.07, 6.45) is 5.61. The Balaban J connectivity index is 1.56. The minimum atomic E-state index is -0.119. The number of ketones is 1. The minimum Gasteiger partial charge on any atom is -0.497 e. The third kappa shape index (κ3) is 6.12. The van der Waals surface area contributed by atoms with E-state index in [-0.39, 0.29) is 17.8 Å². The molecule has 1 aromatic heterocycles. The first-order valence-corrected chi connectivity index (χ1v) is 14.0. The number of hydrogen-bond acceptors (Lipinski definition) is 7. The Morgan fingerprint density at radius 3 is 2.64 bits per heavy atom. The number of methoxy groups -OCH3 is 1. The molecule has 0 bridgehead atoms. The van der Waals surface area contributed by atoms with Crippen LogP contribution >= 0.6 is 0 Å². The van der Waals surface area contributed by atoms with Crippen LogP contribution in [-0.2, 0) is 22.5 Å². The van der Waals surface area contributed by atoms with Gasteiger partial charge in [-0.15, -0.1) is 0 Å². The smallest absolute Gasteiger partial charge is 0.201 e. The van der Waals surface area contributed by atoms with Gasteiger partial charge in [0.25, 0.3) is 0 Å². The van der Waals surface area contributed by atoms with E-state index in [0.29, 0.717) is 53.3 Å². The maximum Gasteiger partial charge on any atom is 0.201 e. The largest absolute Gasteiger partial charge is 0.497 e. The first-order chi connectivity index (χ1) is 19.1. The van der Waals surface area contributed by atoms with Crippen LogP contribution in [0, 0.1) is 0 Å². The van der Waals surface area contributed by atoms with E-state index in [0.717, 1.165) is 69.7 Å². The van der Waals surface area contributed by atoms with Crippen LogP contribution < -0.4 is 19.6 Å². The zero-order valence-corrected chi connectivity index (χ0v) is 23.0. The Bertz CT molecular complexity index is 1360. The Hall–Kier alpha value is -3.36. The predicted octanol–water partition coefficient (Wildman–Crippen LogP) is 4.47. The predicted molar refractivity (Wildman–Crippen MR) is 151 cm³/mol. The van der Waals surface area contributed by atoms with Gasteiger partial charge in [0.1, 0.15) is 17.2 Å². The highest BCUT2D eigenvalue weighted by atomic mass is 16.5. The molecule has 3 aromatic rings. The highest BCUT2D eigenvalue weighted by Crippen LogP contribution is 2.39. The number of hydrogen-bond donors (Lipinski definition) is 0. The summed E-state index contributed by atoms with van der Waals surface area (Å²) in [5.74, 6) is 2.09. The van der Waals surface area contributed by atoms with Crippen molar-refractivity contribution in [3.05, 3.63) is 52.3 Å². The van der Waals surface area contributed by atoms with Crippen molar-refractivity contribution in [3.8, 4) is 28.4 Å². The topological polar surface area (TPSA) is 79.2 Å². The maximum absolute atomic E-state index is 14.1. The van der Waals surface area contributed by atoms with Crippen LogP contribution in [0.4, 0.5) is 0 Å². The molecule has 8 heteroatoms. The lowest BCUT2D eigenvalue weighted by Crippen LogP contribution is -2.37. The average Bonchev–Trinajstić information content (AvgIpc) is 2.97. The zero-order valence-electron chi connectivity index (χ0n) is 23.0. The number of benzene rings is 2. The zero-order chi connectivity index (χ0) is 27.2. The lowest BCUT2D eigenvalue weighted by molar-refractivity contribution is -0.119. The molecule has 2 aromatic carbocycles. The molecule has 208 valence electrons. The van der Waals surface area contributed by atoms with Gasteiger partial charge in [-0.05, 0) is 61.6 Å². The van der Waals surface area contributed by atoms with E-state index >= 15 is 0 Å². The number of Topliss-reactive ketones (excluding diaryl/α,β-unsaturated/α-hetero) is 1. The third-order valence-corrected chi connectivity index (χ3v) is 7.42. The van der Waals surface area contributed by atoms with Gasteiger partial charge in [-0.1, -0.05) is 19.1 Å². The first kappa shape index (κ1) is 27.2. The van der Waals surface area contributed by atoms with Crippen molar-refractivity contribution in [2.75, 3.05) is 53.2 Å². The number of fused-ring (bicyclic) bond motifs is 3. The summed E-state index contributed by atoms with van der Waals surface area (Å²) in [7, 11) is 1.62. The van der Waals surface area contributed by atoms with Gasteiger partial charge < -0.3 is 23.5 Å². The third-order valence-electron chi connectivity index (χ3n) is 7.42. The number of aromatic nitrogens is 1. The molecular formula is C31H38N2O6. The minimum absolute atomic E-state index is 0.119. The van der Waals surface area contributed by atoms with Crippen LogP contribution in [-0.4, -0.2) is 68.4 Å². The molecule has 0 N–H and O–H groups in total. The summed E-state index contributed by atoms with van der Waals surface area (Å²) in [5, 5.41) is 0.493. The number of morpholine rings is 1. The Kier molecular flexibility index (Phi) is 8.84. The summed E-state index contributed by atoms with van der Waals surface area (Å²) in [6.45, 7) is 7.49. The standard InChI is InChI=1S/C31H38N2O6/c1-3-15-38-27-19-23-6-5-16-39-31(23)28-29(27)33(20-24(34)7-4-12-32-13-17-37-18-14-32)21-26(30(28)35)22-8-10-25(36-2)11-9-22/h8-11,19,21H,3-7,12-18,20H2,1-2H3. The highest BCUT2D eigenvalue weighted by Gasteiger charge is 2.25. The molecule has 0 saturated carbocycles. The van der Waals surface area contributed by atoms with Crippen molar-refractivity contribution in [3.63, 3.8) is 0 Å². The molecule has 2 aliphatic rings. The molecule has 8 nitrogen and oxygen atoms in total. The number of carbonyl (C=O) groups is 1. The molecule has 1 saturated heterocycles. The van der Waals surface area contributed by atoms with E-state index in [1.54, 1.807) is 13.3 Å². The number of carbonyl (C=O) groups excluding carboxylic acids is 1. The molecule has 0 radical (unpaired) electrons. The molecular weight excluding hydrogens is 496 g/mol. The van der Waals surface area contributed by atoms with Crippen LogP contribution in [0.1, 0.15) is 38.2 Å². The summed E-state index contributed by atoms with van der Waals surface area (Å²) in [6, 6.07) is 9.43. The van der Waals surface area contributed by atoms with E-state index in [4.69, 9.17) is 18.9 Å². The van der Waals surface area contributed by atoms with Gasteiger partial charge in [0.05, 0.1) is 51.0 Å². The fraction of sp³-hybridized carbons (Fsp3) is 0.484. The van der Waals surface area contributed by atoms with Crippen LogP contribution in [0.25, 0.3) is 22.0 Å². The molecule has 1 fully saturated rings. The number of ether oxygens (including phenoxy) is 4. The van der Waals surface area contributed by atoms with Crippen molar-refractivity contribution in [1.82, 2.24) is 9.47 Å². The lowest BCUT2D eigenvalue weighted by atomic mass is 9.98. The fourth-order valence-electron chi connectivity index (χ4n) is 5.40. The van der Waals surface area contributed by atoms with E-state index in [9.17, 15) is 9.59 Å². The van der Waals surface area contributed by atoms with Crippen molar-refractivity contribution in [1.29, 1.82) is 0 Å². The van der Waals surface area contributed by atoms with Gasteiger partial charge in [0.15, 0.2) is 5.78 Å². The number of aryl methyl sites for hydroxylation is 1. The molecule has 0 spiro atoms. The van der Waals surface area contributed by atoms with Crippen LogP contribution in [0.2, 0.25) is 0 Å². The second-order valence-corrected chi connectivity index (χ2v) is 10.2. The van der Waals surface area contributed by atoms with E-state index in [2.05, 4.69) is 11.8 Å². The maximum atomic E-state index is 14.1. The second kappa shape index (κ2) is 12.7. The van der Waals surface area contributed by atoms with Crippen molar-refractivity contribution in [2.45, 2.75) is 45.6 Å². The van der Waals surface area contributed by atoms with E-state index in [1.165, 1.54) is 0 Å². The molecule has 0 aliphatic carbocycles. The SMILES string of the molecule is CCCOc1cc2c(c3c(=O)c(-c4ccc(OC)cc4)cn(CC(=O)CCCN4CCOCC4)c13)OCCC2. The van der Waals surface area contributed by atoms with Gasteiger partial charge in [-0.25, -0.2) is 0 Å². The molecule has 3 heterocycles. The first-order valence-electron chi connectivity index (χ1n) is 14.0. The average molecular weight is 535 g/mol. The van der Waals surface area contributed by atoms with Crippen LogP contribution in [0.15, 0.2) is 41.3 Å². The summed E-state index contributed by atoms with van der Waals surface area (Å²) >= 11 is 0. The van der Waals surface area contributed by atoms with Crippen LogP contribution in [0.5, 0.6) is 17.2 Å². The second-order valence-electron chi connectivity index (χ2n) is 10.2. The lowest BCUT2D eigenvalue weighted by Gasteiger charge is -2.26. The fourth-order valence-corrected chi connectivity index (χ4v) is 5.40. The van der Waals surface area contributed by atoms with Gasteiger partial charge in [-0.2, -0.15) is 0 Å². The monoisotopic (exact) mass is 534 g/mol. The quantitative estimate of drug-likeness (QED) is 0.359. The van der Waals surface area contributed by atoms with Crippen LogP contribution in [0.3, 0.4) is 0 Å². The Labute approximate surface area is 229 Å². The number of nitrogens with zero attached hydrogens (tertiary/aromatic N) is 2. The normalized spacial score (nSPS) is 15.5. The van der Waals surface area contributed by atoms with Gasteiger partial charge in [0.2, 0.25) is 5.43 Å². The van der Waals surface area contributed by atoms with Crippen molar-refractivity contribution < 1.29 is 23.7 Å². The summed E-state index contributed by atoms with van der Waals surface area (Å²) < 4.78 is 24.9. The molecule has 0 atom stereocenters. The molecule has 0 amide bonds. The van der Waals surface area contributed by atoms with Crippen molar-refractivity contribution in [2.24, 2.45) is 0 Å². The van der Waals surface area contributed by atoms with Gasteiger partial charge in [0, 0.05) is 31.3 Å². The number of pyridine rings is 1. The van der Waals surface area contributed by atoms with Gasteiger partial charge in [-0.3, -0.25) is 14.5 Å². The number of rotatable bonds is 11. The molecule has 39 heavy (non-hydrogen) atoms. The van der Waals surface area contributed by atoms with Gasteiger partial charge >= 0.3 is 0 Å². The van der Waals surface area contributed by atoms with Crippen molar-refractivity contribution >= 4 is 16.7 Å². The highest BCUT2D eigenvalue weighted by molar-refractivity contribution is 5.95. The summed E-state index contributed by atoms with van der Waals surface area (Å²) in [5.41, 5.74) is 2.78. The van der Waals surface area contributed by atoms with E-state index in [1.807, 2.05) is 34.9 Å². The molecule has 5 rings (SSSR count). The summed E-state index contributed by atoms with van der Waals surface area (Å²) in [4.78, 5) is 29.7. The Morgan fingerprint density at radius 2 is 1.90 bits per heavy atom. The van der Waals surface area contributed by atoms with E-state index < -0.39 is 0 Å².